The van der Waals surface area contributed by atoms with Gasteiger partial charge in [0.1, 0.15) is 0 Å². The highest BCUT2D eigenvalue weighted by molar-refractivity contribution is 7.91. The van der Waals surface area contributed by atoms with Crippen molar-refractivity contribution in [1.29, 1.82) is 0 Å². The second-order valence-electron chi connectivity index (χ2n) is 5.15. The summed E-state index contributed by atoms with van der Waals surface area (Å²) in [7, 11) is -3.28. The zero-order valence-electron chi connectivity index (χ0n) is 11.6. The van der Waals surface area contributed by atoms with E-state index in [4.69, 9.17) is 10.8 Å². The van der Waals surface area contributed by atoms with Crippen molar-refractivity contribution in [2.45, 2.75) is 44.7 Å². The van der Waals surface area contributed by atoms with Gasteiger partial charge >= 0.3 is 5.97 Å². The van der Waals surface area contributed by atoms with Crippen LogP contribution >= 0.6 is 0 Å². The van der Waals surface area contributed by atoms with E-state index >= 15 is 0 Å². The zero-order chi connectivity index (χ0) is 15.3. The fraction of sp³-hybridized carbons (Fsp3) is 0.833. The van der Waals surface area contributed by atoms with Crippen LogP contribution in [-0.2, 0) is 19.4 Å². The minimum Gasteiger partial charge on any atom is -0.481 e. The third kappa shape index (κ3) is 4.75. The summed E-state index contributed by atoms with van der Waals surface area (Å²) in [4.78, 5) is 24.4. The molecule has 0 aromatic carbocycles. The van der Waals surface area contributed by atoms with Crippen LogP contribution in [0.5, 0.6) is 0 Å². The largest absolute Gasteiger partial charge is 0.481 e. The van der Waals surface area contributed by atoms with Crippen molar-refractivity contribution in [2.75, 3.05) is 18.1 Å². The van der Waals surface area contributed by atoms with Crippen LogP contribution in [0.3, 0.4) is 0 Å². The summed E-state index contributed by atoms with van der Waals surface area (Å²) in [6.45, 7) is 2.01. The molecule has 0 aromatic heterocycles. The number of unbranched alkanes of at least 4 members (excludes halogenated alkanes) is 1. The molecule has 0 spiro atoms. The number of carbonyl (C=O) groups is 2. The maximum Gasteiger partial charge on any atom is 0.305 e. The molecule has 1 aliphatic rings. The molecule has 1 rings (SSSR count). The standard InChI is InChI=1S/C12H22N2O5S/c1-2-3-4-10(13)12(17)14-5-6-20(18,19)8-9(14)7-11(15)16/h9-10H,2-8,13H2,1H3,(H,15,16)/t9?,10-/m0/s1. The van der Waals surface area contributed by atoms with E-state index < -0.39 is 27.9 Å². The lowest BCUT2D eigenvalue weighted by molar-refractivity contribution is -0.141. The molecule has 0 radical (unpaired) electrons. The van der Waals surface area contributed by atoms with Gasteiger partial charge in [-0.2, -0.15) is 0 Å². The quantitative estimate of drug-likeness (QED) is 0.689. The van der Waals surface area contributed by atoms with E-state index in [-0.39, 0.29) is 30.4 Å². The normalized spacial score (nSPS) is 23.3. The number of carboxylic acid groups (broad SMARTS) is 1. The summed E-state index contributed by atoms with van der Waals surface area (Å²) in [5.41, 5.74) is 5.81. The third-order valence-corrected chi connectivity index (χ3v) is 5.11. The number of nitrogens with zero attached hydrogens (tertiary/aromatic N) is 1. The molecule has 1 unspecified atom stereocenters. The first-order chi connectivity index (χ1) is 9.26. The Labute approximate surface area is 119 Å². The number of amides is 1. The number of hydrogen-bond donors (Lipinski definition) is 2. The Balaban J connectivity index is 2.79. The van der Waals surface area contributed by atoms with Gasteiger partial charge in [0.2, 0.25) is 5.91 Å². The number of carboxylic acids is 1. The molecule has 8 heteroatoms. The summed E-state index contributed by atoms with van der Waals surface area (Å²) < 4.78 is 23.2. The van der Waals surface area contributed by atoms with E-state index in [2.05, 4.69) is 0 Å². The van der Waals surface area contributed by atoms with Crippen LogP contribution in [0.1, 0.15) is 32.6 Å². The predicted molar refractivity (Wildman–Crippen MR) is 73.9 cm³/mol. The average Bonchev–Trinajstić information content (AvgIpc) is 2.33. The minimum atomic E-state index is -3.28. The number of aliphatic carboxylic acids is 1. The molecular weight excluding hydrogens is 284 g/mol. The van der Waals surface area contributed by atoms with Gasteiger partial charge < -0.3 is 15.7 Å². The van der Waals surface area contributed by atoms with Gasteiger partial charge in [-0.15, -0.1) is 0 Å². The molecule has 0 bridgehead atoms. The monoisotopic (exact) mass is 306 g/mol. The van der Waals surface area contributed by atoms with Gasteiger partial charge in [0.15, 0.2) is 9.84 Å². The minimum absolute atomic E-state index is 0.0267. The fourth-order valence-corrected chi connectivity index (χ4v) is 3.83. The Morgan fingerprint density at radius 2 is 2.10 bits per heavy atom. The fourth-order valence-electron chi connectivity index (χ4n) is 2.31. The van der Waals surface area contributed by atoms with Crippen LogP contribution in [0.15, 0.2) is 0 Å². The number of hydrogen-bond acceptors (Lipinski definition) is 5. The van der Waals surface area contributed by atoms with E-state index in [9.17, 15) is 18.0 Å². The Kier molecular flexibility index (Phi) is 5.94. The smallest absolute Gasteiger partial charge is 0.305 e. The van der Waals surface area contributed by atoms with E-state index in [1.54, 1.807) is 0 Å². The van der Waals surface area contributed by atoms with Gasteiger partial charge in [-0.3, -0.25) is 9.59 Å². The molecule has 1 fully saturated rings. The van der Waals surface area contributed by atoms with Crippen LogP contribution < -0.4 is 5.73 Å². The molecule has 1 amide bonds. The molecule has 3 N–H and O–H groups in total. The summed E-state index contributed by atoms with van der Waals surface area (Å²) in [5.74, 6) is -1.90. The average molecular weight is 306 g/mol. The highest BCUT2D eigenvalue weighted by atomic mass is 32.2. The molecular formula is C12H22N2O5S. The maximum atomic E-state index is 12.2. The molecule has 0 saturated carbocycles. The van der Waals surface area contributed by atoms with Gasteiger partial charge in [0, 0.05) is 6.54 Å². The molecule has 1 heterocycles. The third-order valence-electron chi connectivity index (χ3n) is 3.41. The van der Waals surface area contributed by atoms with E-state index in [1.165, 1.54) is 4.90 Å². The number of nitrogens with two attached hydrogens (primary N) is 1. The van der Waals surface area contributed by atoms with Crippen molar-refractivity contribution in [2.24, 2.45) is 5.73 Å². The number of carbonyl (C=O) groups excluding carboxylic acids is 1. The van der Waals surface area contributed by atoms with Crippen molar-refractivity contribution < 1.29 is 23.1 Å². The molecule has 0 aromatic rings. The highest BCUT2D eigenvalue weighted by Gasteiger charge is 2.36. The Morgan fingerprint density at radius 3 is 2.65 bits per heavy atom. The van der Waals surface area contributed by atoms with E-state index in [0.717, 1.165) is 12.8 Å². The van der Waals surface area contributed by atoms with Crippen LogP contribution in [-0.4, -0.2) is 60.4 Å². The van der Waals surface area contributed by atoms with E-state index in [1.807, 2.05) is 6.92 Å². The van der Waals surface area contributed by atoms with Crippen molar-refractivity contribution >= 4 is 21.7 Å². The SMILES string of the molecule is CCCC[C@H](N)C(=O)N1CCS(=O)(=O)CC1CC(=O)O. The number of sulfone groups is 1. The maximum absolute atomic E-state index is 12.2. The van der Waals surface area contributed by atoms with Crippen LogP contribution in [0.25, 0.3) is 0 Å². The highest BCUT2D eigenvalue weighted by Crippen LogP contribution is 2.17. The second kappa shape index (κ2) is 7.03. The lowest BCUT2D eigenvalue weighted by Crippen LogP contribution is -2.56. The van der Waals surface area contributed by atoms with Gasteiger partial charge in [-0.1, -0.05) is 19.8 Å². The van der Waals surface area contributed by atoms with Crippen molar-refractivity contribution in [3.8, 4) is 0 Å². The Hall–Kier alpha value is -1.15. The van der Waals surface area contributed by atoms with Gasteiger partial charge in [0.25, 0.3) is 0 Å². The zero-order valence-corrected chi connectivity index (χ0v) is 12.4. The van der Waals surface area contributed by atoms with Crippen molar-refractivity contribution in [1.82, 2.24) is 4.90 Å². The van der Waals surface area contributed by atoms with E-state index in [0.29, 0.717) is 6.42 Å². The Bertz CT molecular complexity index is 462. The number of rotatable bonds is 6. The second-order valence-corrected chi connectivity index (χ2v) is 7.38. The summed E-state index contributed by atoms with van der Waals surface area (Å²) in [6, 6.07) is -1.50. The first-order valence-electron chi connectivity index (χ1n) is 6.75. The molecule has 20 heavy (non-hydrogen) atoms. The van der Waals surface area contributed by atoms with Crippen molar-refractivity contribution in [3.05, 3.63) is 0 Å². The lowest BCUT2D eigenvalue weighted by Gasteiger charge is -2.36. The van der Waals surface area contributed by atoms with Crippen molar-refractivity contribution in [3.63, 3.8) is 0 Å². The first kappa shape index (κ1) is 16.9. The van der Waals surface area contributed by atoms with Crippen LogP contribution in [0, 0.1) is 0 Å². The van der Waals surface area contributed by atoms with Gasteiger partial charge in [0.05, 0.1) is 30.0 Å². The topological polar surface area (TPSA) is 118 Å². The lowest BCUT2D eigenvalue weighted by atomic mass is 10.1. The summed E-state index contributed by atoms with van der Waals surface area (Å²) in [6.07, 6.45) is 1.88. The Morgan fingerprint density at radius 1 is 1.45 bits per heavy atom. The summed E-state index contributed by atoms with van der Waals surface area (Å²) >= 11 is 0. The molecule has 2 atom stereocenters. The molecule has 116 valence electrons. The van der Waals surface area contributed by atoms with Gasteiger partial charge in [-0.05, 0) is 6.42 Å². The molecule has 0 aliphatic carbocycles. The van der Waals surface area contributed by atoms with Gasteiger partial charge in [-0.25, -0.2) is 8.42 Å². The molecule has 1 saturated heterocycles. The molecule has 1 aliphatic heterocycles. The predicted octanol–water partition coefficient (Wildman–Crippen LogP) is -0.396. The van der Waals surface area contributed by atoms with Crippen LogP contribution in [0.4, 0.5) is 0 Å². The molecule has 7 nitrogen and oxygen atoms in total. The first-order valence-corrected chi connectivity index (χ1v) is 8.57. The van der Waals surface area contributed by atoms with Crippen LogP contribution in [0.2, 0.25) is 0 Å². The summed E-state index contributed by atoms with van der Waals surface area (Å²) in [5, 5.41) is 8.85.